The average molecular weight is 536 g/mol. The maximum Gasteiger partial charge on any atom is 0.337 e. The number of aromatic nitrogens is 2. The van der Waals surface area contributed by atoms with Gasteiger partial charge in [-0.1, -0.05) is 47.3 Å². The minimum Gasteiger partial charge on any atom is -0.465 e. The smallest absolute Gasteiger partial charge is 0.337 e. The summed E-state index contributed by atoms with van der Waals surface area (Å²) in [6.45, 7) is 4.07. The summed E-state index contributed by atoms with van der Waals surface area (Å²) in [5, 5.41) is 2.15. The highest BCUT2D eigenvalue weighted by Crippen LogP contribution is 2.43. The SMILES string of the molecule is COC(=O)c1cc(Br)c(-c2ccc3nc(-c4sc(C)nc4C)ccc3c2)c(C2CCCCC2)c1. The van der Waals surface area contributed by atoms with Crippen molar-refractivity contribution in [2.45, 2.75) is 51.9 Å². The molecule has 4 nitrogen and oxygen atoms in total. The number of hydrogen-bond donors (Lipinski definition) is 0. The molecule has 0 spiro atoms. The Balaban J connectivity index is 1.61. The molecule has 174 valence electrons. The molecule has 34 heavy (non-hydrogen) atoms. The van der Waals surface area contributed by atoms with E-state index in [0.717, 1.165) is 55.1 Å². The molecule has 1 fully saturated rings. The molecule has 0 unspecified atom stereocenters. The number of ether oxygens (including phenoxy) is 1. The van der Waals surface area contributed by atoms with Crippen LogP contribution in [0.3, 0.4) is 0 Å². The van der Waals surface area contributed by atoms with Crippen LogP contribution in [0, 0.1) is 13.8 Å². The largest absolute Gasteiger partial charge is 0.465 e. The molecular formula is C28H27BrN2O2S. The second-order valence-corrected chi connectivity index (χ2v) is 11.1. The molecule has 2 aromatic heterocycles. The lowest BCUT2D eigenvalue weighted by molar-refractivity contribution is 0.0600. The molecule has 5 rings (SSSR count). The maximum absolute atomic E-state index is 12.3. The Bertz CT molecular complexity index is 1390. The summed E-state index contributed by atoms with van der Waals surface area (Å²) < 4.78 is 5.95. The van der Waals surface area contributed by atoms with E-state index in [0.29, 0.717) is 11.5 Å². The van der Waals surface area contributed by atoms with Crippen LogP contribution in [-0.4, -0.2) is 23.0 Å². The van der Waals surface area contributed by atoms with Gasteiger partial charge in [-0.15, -0.1) is 11.3 Å². The Hall–Kier alpha value is -2.57. The highest BCUT2D eigenvalue weighted by molar-refractivity contribution is 9.10. The van der Waals surface area contributed by atoms with Crippen LogP contribution < -0.4 is 0 Å². The van der Waals surface area contributed by atoms with Crippen LogP contribution in [0.15, 0.2) is 46.9 Å². The van der Waals surface area contributed by atoms with E-state index < -0.39 is 0 Å². The number of methoxy groups -OCH3 is 1. The third kappa shape index (κ3) is 4.41. The summed E-state index contributed by atoms with van der Waals surface area (Å²) in [6.07, 6.45) is 6.04. The predicted octanol–water partition coefficient (Wildman–Crippen LogP) is 8.24. The van der Waals surface area contributed by atoms with Crippen LogP contribution in [0.1, 0.15) is 64.6 Å². The first-order valence-electron chi connectivity index (χ1n) is 11.7. The zero-order chi connectivity index (χ0) is 23.8. The zero-order valence-electron chi connectivity index (χ0n) is 19.7. The normalized spacial score (nSPS) is 14.5. The van der Waals surface area contributed by atoms with Gasteiger partial charge in [-0.05, 0) is 79.6 Å². The first-order valence-corrected chi connectivity index (χ1v) is 13.3. The van der Waals surface area contributed by atoms with Crippen LogP contribution in [0.5, 0.6) is 0 Å². The second-order valence-electron chi connectivity index (χ2n) is 9.00. The van der Waals surface area contributed by atoms with E-state index in [9.17, 15) is 4.79 Å². The van der Waals surface area contributed by atoms with Crippen molar-refractivity contribution in [2.24, 2.45) is 0 Å². The minimum atomic E-state index is -0.298. The summed E-state index contributed by atoms with van der Waals surface area (Å²) in [6, 6.07) is 14.6. The molecule has 0 N–H and O–H groups in total. The first kappa shape index (κ1) is 23.2. The molecule has 6 heteroatoms. The second kappa shape index (κ2) is 9.59. The van der Waals surface area contributed by atoms with Gasteiger partial charge in [0.25, 0.3) is 0 Å². The number of hydrogen-bond acceptors (Lipinski definition) is 5. The number of benzene rings is 2. The van der Waals surface area contributed by atoms with Gasteiger partial charge in [0.15, 0.2) is 0 Å². The highest BCUT2D eigenvalue weighted by atomic mass is 79.9. The summed E-state index contributed by atoms with van der Waals surface area (Å²) in [4.78, 5) is 23.0. The Morgan fingerprint density at radius 2 is 1.82 bits per heavy atom. The lowest BCUT2D eigenvalue weighted by Crippen LogP contribution is -2.09. The number of nitrogens with zero attached hydrogens (tertiary/aromatic N) is 2. The number of carbonyl (C=O) groups excluding carboxylic acids is 1. The molecular weight excluding hydrogens is 508 g/mol. The fraction of sp³-hybridized carbons (Fsp3) is 0.321. The van der Waals surface area contributed by atoms with Gasteiger partial charge in [0.1, 0.15) is 0 Å². The summed E-state index contributed by atoms with van der Waals surface area (Å²) in [7, 11) is 1.43. The number of esters is 1. The number of fused-ring (bicyclic) bond motifs is 1. The molecule has 1 saturated carbocycles. The summed E-state index contributed by atoms with van der Waals surface area (Å²) in [5.74, 6) is 0.145. The van der Waals surface area contributed by atoms with E-state index in [4.69, 9.17) is 9.72 Å². The molecule has 0 radical (unpaired) electrons. The van der Waals surface area contributed by atoms with E-state index in [2.05, 4.69) is 51.2 Å². The molecule has 0 aliphatic heterocycles. The maximum atomic E-state index is 12.3. The molecule has 1 aliphatic carbocycles. The Labute approximate surface area is 212 Å². The summed E-state index contributed by atoms with van der Waals surface area (Å²) in [5.41, 5.74) is 7.09. The molecule has 0 bridgehead atoms. The average Bonchev–Trinajstić information content (AvgIpc) is 3.20. The zero-order valence-corrected chi connectivity index (χ0v) is 22.1. The predicted molar refractivity (Wildman–Crippen MR) is 143 cm³/mol. The Kier molecular flexibility index (Phi) is 6.54. The van der Waals surface area contributed by atoms with E-state index >= 15 is 0 Å². The number of thiazole rings is 1. The third-order valence-electron chi connectivity index (χ3n) is 6.70. The van der Waals surface area contributed by atoms with Gasteiger partial charge in [0.05, 0.1) is 39.5 Å². The van der Waals surface area contributed by atoms with Gasteiger partial charge < -0.3 is 4.74 Å². The number of aryl methyl sites for hydroxylation is 2. The number of halogens is 1. The fourth-order valence-electron chi connectivity index (χ4n) is 5.08. The molecule has 2 aromatic carbocycles. The highest BCUT2D eigenvalue weighted by Gasteiger charge is 2.23. The van der Waals surface area contributed by atoms with Crippen molar-refractivity contribution in [1.29, 1.82) is 0 Å². The molecule has 0 atom stereocenters. The van der Waals surface area contributed by atoms with Crippen LogP contribution >= 0.6 is 27.3 Å². The van der Waals surface area contributed by atoms with Crippen molar-refractivity contribution in [2.75, 3.05) is 7.11 Å². The quantitative estimate of drug-likeness (QED) is 0.247. The van der Waals surface area contributed by atoms with Crippen molar-refractivity contribution < 1.29 is 9.53 Å². The number of pyridine rings is 1. The standard InChI is InChI=1S/C28H27BrN2O2S/c1-16-27(34-17(2)30-16)25-12-9-19-13-20(10-11-24(19)31-25)26-22(18-7-5-4-6-8-18)14-21(15-23(26)29)28(32)33-3/h9-15,18H,4-8H2,1-3H3. The van der Waals surface area contributed by atoms with Crippen molar-refractivity contribution in [1.82, 2.24) is 9.97 Å². The lowest BCUT2D eigenvalue weighted by atomic mass is 9.80. The fourth-order valence-corrected chi connectivity index (χ4v) is 6.67. The van der Waals surface area contributed by atoms with Crippen molar-refractivity contribution in [3.8, 4) is 21.7 Å². The minimum absolute atomic E-state index is 0.298. The van der Waals surface area contributed by atoms with Gasteiger partial charge in [0, 0.05) is 9.86 Å². The Morgan fingerprint density at radius 3 is 2.53 bits per heavy atom. The first-order chi connectivity index (χ1) is 16.4. The lowest BCUT2D eigenvalue weighted by Gasteiger charge is -2.26. The van der Waals surface area contributed by atoms with Crippen molar-refractivity contribution in [3.63, 3.8) is 0 Å². The monoisotopic (exact) mass is 534 g/mol. The van der Waals surface area contributed by atoms with Gasteiger partial charge >= 0.3 is 5.97 Å². The molecule has 4 aromatic rings. The molecule has 0 amide bonds. The molecule has 0 saturated heterocycles. The van der Waals surface area contributed by atoms with Crippen molar-refractivity contribution >= 4 is 44.1 Å². The van der Waals surface area contributed by atoms with Crippen LogP contribution in [0.4, 0.5) is 0 Å². The van der Waals surface area contributed by atoms with Gasteiger partial charge in [-0.3, -0.25) is 0 Å². The van der Waals surface area contributed by atoms with Gasteiger partial charge in [-0.2, -0.15) is 0 Å². The van der Waals surface area contributed by atoms with E-state index in [1.54, 1.807) is 11.3 Å². The van der Waals surface area contributed by atoms with E-state index in [1.165, 1.54) is 37.5 Å². The van der Waals surface area contributed by atoms with Crippen molar-refractivity contribution in [3.05, 3.63) is 68.8 Å². The van der Waals surface area contributed by atoms with Gasteiger partial charge in [-0.25, -0.2) is 14.8 Å². The third-order valence-corrected chi connectivity index (χ3v) is 8.42. The van der Waals surface area contributed by atoms with Crippen LogP contribution in [0.25, 0.3) is 32.6 Å². The van der Waals surface area contributed by atoms with Crippen LogP contribution in [0.2, 0.25) is 0 Å². The number of rotatable bonds is 4. The number of carbonyl (C=O) groups is 1. The van der Waals surface area contributed by atoms with E-state index in [1.807, 2.05) is 26.0 Å². The molecule has 1 aliphatic rings. The van der Waals surface area contributed by atoms with Gasteiger partial charge in [0.2, 0.25) is 0 Å². The summed E-state index contributed by atoms with van der Waals surface area (Å²) >= 11 is 5.47. The topological polar surface area (TPSA) is 52.1 Å². The Morgan fingerprint density at radius 1 is 1.03 bits per heavy atom. The van der Waals surface area contributed by atoms with E-state index in [-0.39, 0.29) is 5.97 Å². The van der Waals surface area contributed by atoms with Crippen LogP contribution in [-0.2, 0) is 4.74 Å². The molecule has 2 heterocycles.